The summed E-state index contributed by atoms with van der Waals surface area (Å²) in [7, 11) is 0. The van der Waals surface area contributed by atoms with E-state index in [4.69, 9.17) is 28.9 Å². The molecule has 0 aromatic heterocycles. The lowest BCUT2D eigenvalue weighted by Gasteiger charge is -2.32. The van der Waals surface area contributed by atoms with Gasteiger partial charge in [0, 0.05) is 53.1 Å². The number of nitrogens with zero attached hydrogens (tertiary/aromatic N) is 1. The van der Waals surface area contributed by atoms with Crippen LogP contribution >= 0.6 is 23.2 Å². The smallest absolute Gasteiger partial charge is 0.249 e. The van der Waals surface area contributed by atoms with E-state index < -0.39 is 5.54 Å². The van der Waals surface area contributed by atoms with Crippen LogP contribution in [0.4, 0.5) is 5.69 Å². The van der Waals surface area contributed by atoms with Gasteiger partial charge in [0.2, 0.25) is 17.7 Å². The molecule has 0 saturated carbocycles. The van der Waals surface area contributed by atoms with E-state index in [1.807, 2.05) is 35.2 Å². The zero-order chi connectivity index (χ0) is 25.9. The third kappa shape index (κ3) is 5.85. The van der Waals surface area contributed by atoms with Crippen LogP contribution in [0.3, 0.4) is 0 Å². The Morgan fingerprint density at radius 3 is 2.58 bits per heavy atom. The van der Waals surface area contributed by atoms with Crippen LogP contribution in [0.2, 0.25) is 10.0 Å². The minimum atomic E-state index is -0.973. The van der Waals surface area contributed by atoms with Gasteiger partial charge in [-0.3, -0.25) is 19.7 Å². The van der Waals surface area contributed by atoms with Gasteiger partial charge >= 0.3 is 0 Å². The van der Waals surface area contributed by atoms with Gasteiger partial charge in [-0.2, -0.15) is 0 Å². The molecule has 7 nitrogen and oxygen atoms in total. The highest BCUT2D eigenvalue weighted by Gasteiger charge is 2.46. The molecule has 2 heterocycles. The number of hydrogen-bond donors (Lipinski definition) is 3. The van der Waals surface area contributed by atoms with Crippen LogP contribution in [0.15, 0.2) is 42.5 Å². The highest BCUT2D eigenvalue weighted by molar-refractivity contribution is 6.31. The number of piperidine rings is 1. The molecule has 3 amide bonds. The standard InChI is InChI=1S/C27H32Cl2N4O3/c1-17(5-8-24(34)33-11-9-19(10-12-33)25(30)35)16-31-27(15-18-3-2-4-20(28)13-18)22-7-6-21(29)14-23(22)32-26(27)36/h2-4,6-7,13-14,17,19,31H,5,8-12,15-16H2,1H3,(H2,30,35)(H,32,36). The van der Waals surface area contributed by atoms with E-state index in [0.29, 0.717) is 67.5 Å². The summed E-state index contributed by atoms with van der Waals surface area (Å²) >= 11 is 12.4. The average molecular weight is 531 g/mol. The molecule has 9 heteroatoms. The minimum Gasteiger partial charge on any atom is -0.369 e. The zero-order valence-corrected chi connectivity index (χ0v) is 21.9. The number of likely N-dealkylation sites (tertiary alicyclic amines) is 1. The Morgan fingerprint density at radius 1 is 1.17 bits per heavy atom. The van der Waals surface area contributed by atoms with Crippen LogP contribution in [0.1, 0.15) is 43.7 Å². The molecule has 4 rings (SSSR count). The number of primary amides is 1. The molecule has 192 valence electrons. The monoisotopic (exact) mass is 530 g/mol. The maximum absolute atomic E-state index is 13.4. The number of halogens is 2. The highest BCUT2D eigenvalue weighted by atomic mass is 35.5. The van der Waals surface area contributed by atoms with Crippen molar-refractivity contribution in [3.05, 3.63) is 63.6 Å². The maximum Gasteiger partial charge on any atom is 0.249 e. The van der Waals surface area contributed by atoms with Gasteiger partial charge in [0.15, 0.2) is 0 Å². The first kappa shape index (κ1) is 26.5. The second kappa shape index (κ2) is 11.2. The van der Waals surface area contributed by atoms with E-state index >= 15 is 0 Å². The molecule has 2 aromatic carbocycles. The molecule has 4 N–H and O–H groups in total. The van der Waals surface area contributed by atoms with E-state index in [9.17, 15) is 14.4 Å². The Balaban J connectivity index is 1.41. The summed E-state index contributed by atoms with van der Waals surface area (Å²) in [4.78, 5) is 39.3. The predicted molar refractivity (Wildman–Crippen MR) is 142 cm³/mol. The van der Waals surface area contributed by atoms with Crippen molar-refractivity contribution < 1.29 is 14.4 Å². The molecular weight excluding hydrogens is 499 g/mol. The molecule has 2 aliphatic heterocycles. The lowest BCUT2D eigenvalue weighted by molar-refractivity contribution is -0.135. The summed E-state index contributed by atoms with van der Waals surface area (Å²) in [6.45, 7) is 3.76. The maximum atomic E-state index is 13.4. The third-order valence-electron chi connectivity index (χ3n) is 7.29. The Hall–Kier alpha value is -2.61. The Labute approximate surface area is 221 Å². The van der Waals surface area contributed by atoms with Crippen molar-refractivity contribution in [1.29, 1.82) is 0 Å². The van der Waals surface area contributed by atoms with Crippen molar-refractivity contribution in [3.63, 3.8) is 0 Å². The van der Waals surface area contributed by atoms with Gasteiger partial charge in [0.1, 0.15) is 5.54 Å². The fraction of sp³-hybridized carbons (Fsp3) is 0.444. The fourth-order valence-corrected chi connectivity index (χ4v) is 5.49. The first-order valence-electron chi connectivity index (χ1n) is 12.4. The number of nitrogens with one attached hydrogen (secondary N) is 2. The van der Waals surface area contributed by atoms with Crippen molar-refractivity contribution in [2.45, 2.75) is 44.6 Å². The molecule has 0 radical (unpaired) electrons. The van der Waals surface area contributed by atoms with Crippen molar-refractivity contribution in [2.24, 2.45) is 17.6 Å². The summed E-state index contributed by atoms with van der Waals surface area (Å²) < 4.78 is 0. The van der Waals surface area contributed by atoms with Gasteiger partial charge in [-0.25, -0.2) is 0 Å². The van der Waals surface area contributed by atoms with Crippen LogP contribution in [0.25, 0.3) is 0 Å². The first-order valence-corrected chi connectivity index (χ1v) is 13.1. The minimum absolute atomic E-state index is 0.0945. The molecule has 0 bridgehead atoms. The number of nitrogens with two attached hydrogens (primary N) is 1. The summed E-state index contributed by atoms with van der Waals surface area (Å²) in [5.74, 6) is -0.314. The van der Waals surface area contributed by atoms with E-state index in [-0.39, 0.29) is 29.6 Å². The molecule has 2 atom stereocenters. The van der Waals surface area contributed by atoms with Crippen LogP contribution in [0, 0.1) is 11.8 Å². The molecule has 1 fully saturated rings. The Kier molecular flexibility index (Phi) is 8.23. The van der Waals surface area contributed by atoms with Crippen molar-refractivity contribution in [3.8, 4) is 0 Å². The number of amides is 3. The molecule has 2 aromatic rings. The van der Waals surface area contributed by atoms with Crippen LogP contribution < -0.4 is 16.4 Å². The van der Waals surface area contributed by atoms with Crippen LogP contribution in [-0.4, -0.2) is 42.3 Å². The Bertz CT molecular complexity index is 1150. The third-order valence-corrected chi connectivity index (χ3v) is 7.76. The number of rotatable bonds is 9. The molecular formula is C27H32Cl2N4O3. The second-order valence-electron chi connectivity index (χ2n) is 9.94. The van der Waals surface area contributed by atoms with Gasteiger partial charge in [-0.05, 0) is 61.6 Å². The lowest BCUT2D eigenvalue weighted by Crippen LogP contribution is -2.51. The predicted octanol–water partition coefficient (Wildman–Crippen LogP) is 4.11. The second-order valence-corrected chi connectivity index (χ2v) is 10.8. The number of benzene rings is 2. The summed E-state index contributed by atoms with van der Waals surface area (Å²) in [5, 5.41) is 7.69. The lowest BCUT2D eigenvalue weighted by atomic mass is 9.84. The van der Waals surface area contributed by atoms with E-state index in [0.717, 1.165) is 11.1 Å². The molecule has 2 unspecified atom stereocenters. The summed E-state index contributed by atoms with van der Waals surface area (Å²) in [5.41, 5.74) is 6.91. The number of carbonyl (C=O) groups excluding carboxylic acids is 3. The fourth-order valence-electron chi connectivity index (χ4n) is 5.10. The average Bonchev–Trinajstić information content (AvgIpc) is 3.11. The largest absolute Gasteiger partial charge is 0.369 e. The van der Waals surface area contributed by atoms with Crippen LogP contribution in [0.5, 0.6) is 0 Å². The first-order chi connectivity index (χ1) is 17.2. The van der Waals surface area contributed by atoms with Crippen molar-refractivity contribution >= 4 is 46.6 Å². The quantitative estimate of drug-likeness (QED) is 0.453. The van der Waals surface area contributed by atoms with E-state index in [1.54, 1.807) is 12.1 Å². The van der Waals surface area contributed by atoms with Gasteiger partial charge in [0.05, 0.1) is 0 Å². The number of carbonyl (C=O) groups is 3. The van der Waals surface area contributed by atoms with E-state index in [2.05, 4.69) is 17.6 Å². The van der Waals surface area contributed by atoms with Gasteiger partial charge in [-0.1, -0.05) is 48.3 Å². The zero-order valence-electron chi connectivity index (χ0n) is 20.4. The topological polar surface area (TPSA) is 105 Å². The highest BCUT2D eigenvalue weighted by Crippen LogP contribution is 2.40. The number of anilines is 1. The van der Waals surface area contributed by atoms with Gasteiger partial charge < -0.3 is 16.0 Å². The molecule has 36 heavy (non-hydrogen) atoms. The Morgan fingerprint density at radius 2 is 1.89 bits per heavy atom. The van der Waals surface area contributed by atoms with Gasteiger partial charge in [0.25, 0.3) is 0 Å². The van der Waals surface area contributed by atoms with Crippen molar-refractivity contribution in [1.82, 2.24) is 10.2 Å². The summed E-state index contributed by atoms with van der Waals surface area (Å²) in [6.07, 6.45) is 2.79. The van der Waals surface area contributed by atoms with E-state index in [1.165, 1.54) is 0 Å². The van der Waals surface area contributed by atoms with Crippen LogP contribution in [-0.2, 0) is 26.3 Å². The molecule has 0 spiro atoms. The normalized spacial score (nSPS) is 20.6. The SMILES string of the molecule is CC(CCC(=O)N1CCC(C(N)=O)CC1)CNC1(Cc2cccc(Cl)c2)C(=O)Nc2cc(Cl)ccc21. The molecule has 0 aliphatic carbocycles. The summed E-state index contributed by atoms with van der Waals surface area (Å²) in [6, 6.07) is 13.0. The molecule has 2 aliphatic rings. The molecule has 1 saturated heterocycles. The number of fused-ring (bicyclic) bond motifs is 1. The van der Waals surface area contributed by atoms with Gasteiger partial charge in [-0.15, -0.1) is 0 Å². The number of hydrogen-bond acceptors (Lipinski definition) is 4. The van der Waals surface area contributed by atoms with Crippen molar-refractivity contribution in [2.75, 3.05) is 25.0 Å².